The van der Waals surface area contributed by atoms with Crippen molar-refractivity contribution in [3.05, 3.63) is 46.9 Å². The molecule has 0 radical (unpaired) electrons. The minimum Gasteiger partial charge on any atom is -0.545 e. The van der Waals surface area contributed by atoms with E-state index >= 15 is 0 Å². The minimum absolute atomic E-state index is 0.135. The van der Waals surface area contributed by atoms with Crippen LogP contribution in [-0.4, -0.2) is 5.97 Å². The molecule has 0 saturated heterocycles. The number of hydrogen-bond acceptors (Lipinski definition) is 3. The second-order valence-corrected chi connectivity index (χ2v) is 3.13. The van der Waals surface area contributed by atoms with Gasteiger partial charge in [0, 0.05) is 12.1 Å². The van der Waals surface area contributed by atoms with Crippen molar-refractivity contribution in [2.45, 2.75) is 0 Å². The summed E-state index contributed by atoms with van der Waals surface area (Å²) in [5.74, 6) is -1.20. The maximum Gasteiger partial charge on any atom is 0.385 e. The average Bonchev–Trinajstić information content (AvgIpc) is 2.27. The quantitative estimate of drug-likeness (QED) is 0.654. The Bertz CT molecular complexity index is 585. The van der Waals surface area contributed by atoms with E-state index in [-0.39, 0.29) is 5.56 Å². The molecule has 0 aliphatic rings. The van der Waals surface area contributed by atoms with Gasteiger partial charge in [-0.05, 0) is 28.5 Å². The molecule has 0 bridgehead atoms. The highest BCUT2D eigenvalue weighted by atomic mass is 16.4. The molecule has 0 spiro atoms. The molecule has 0 heterocycles. The molecular weight excluding hydrogens is 192 g/mol. The molecule has 0 fully saturated rings. The Balaban J connectivity index is 2.66. The first-order valence-electron chi connectivity index (χ1n) is 4.31. The van der Waals surface area contributed by atoms with E-state index in [0.717, 1.165) is 10.8 Å². The highest BCUT2D eigenvalue weighted by molar-refractivity contribution is 5.94. The summed E-state index contributed by atoms with van der Waals surface area (Å²) < 4.78 is 0. The van der Waals surface area contributed by atoms with Gasteiger partial charge in [-0.2, -0.15) is 0 Å². The number of rotatable bonds is 1. The fourth-order valence-corrected chi connectivity index (χ4v) is 1.42. The van der Waals surface area contributed by atoms with E-state index in [1.54, 1.807) is 24.3 Å². The Labute approximate surface area is 85.4 Å². The number of aromatic carboxylic acids is 1. The summed E-state index contributed by atoms with van der Waals surface area (Å²) in [6, 6.07) is 9.58. The smallest absolute Gasteiger partial charge is 0.385 e. The third kappa shape index (κ3) is 1.63. The predicted octanol–water partition coefficient (Wildman–Crippen LogP) is 1.69. The van der Waals surface area contributed by atoms with Crippen molar-refractivity contribution in [1.82, 2.24) is 0 Å². The Morgan fingerprint density at radius 1 is 1.13 bits per heavy atom. The first-order valence-corrected chi connectivity index (χ1v) is 4.31. The summed E-state index contributed by atoms with van der Waals surface area (Å²) in [4.78, 5) is 13.6. The first kappa shape index (κ1) is 9.16. The summed E-state index contributed by atoms with van der Waals surface area (Å²) in [6.45, 7) is 0. The van der Waals surface area contributed by atoms with E-state index in [1.165, 1.54) is 12.1 Å². The zero-order valence-electron chi connectivity index (χ0n) is 7.68. The Kier molecular flexibility index (Phi) is 2.07. The molecule has 0 amide bonds. The van der Waals surface area contributed by atoms with E-state index < -0.39 is 5.97 Å². The van der Waals surface area contributed by atoms with Crippen molar-refractivity contribution >= 4 is 22.4 Å². The molecule has 2 aromatic carbocycles. The van der Waals surface area contributed by atoms with Crippen LogP contribution in [0.2, 0.25) is 0 Å². The predicted molar refractivity (Wildman–Crippen MR) is 53.0 cm³/mol. The van der Waals surface area contributed by atoms with Crippen LogP contribution >= 0.6 is 0 Å². The van der Waals surface area contributed by atoms with Crippen LogP contribution in [0.1, 0.15) is 10.4 Å². The van der Waals surface area contributed by atoms with Gasteiger partial charge >= 0.3 is 5.69 Å². The lowest BCUT2D eigenvalue weighted by Crippen LogP contribution is -2.21. The number of benzene rings is 2. The van der Waals surface area contributed by atoms with Gasteiger partial charge in [0.15, 0.2) is 4.98 Å². The lowest BCUT2D eigenvalue weighted by atomic mass is 10.1. The zero-order valence-corrected chi connectivity index (χ0v) is 7.68. The third-order valence-electron chi connectivity index (χ3n) is 2.17. The molecule has 4 heteroatoms. The molecule has 0 aliphatic carbocycles. The number of carboxylic acid groups (broad SMARTS) is 1. The van der Waals surface area contributed by atoms with Crippen LogP contribution in [0, 0.1) is 5.39 Å². The molecule has 2 aromatic rings. The van der Waals surface area contributed by atoms with E-state index in [2.05, 4.69) is 4.98 Å². The molecule has 72 valence electrons. The standard InChI is InChI=1S/C11H6N2O2/c12-13-10-4-3-7-5-9(11(14)15)2-1-8(7)6-10/h1-6H. The molecule has 0 unspecified atom stereocenters. The van der Waals surface area contributed by atoms with Gasteiger partial charge in [0.05, 0.1) is 5.97 Å². The van der Waals surface area contributed by atoms with Crippen molar-refractivity contribution in [1.29, 1.82) is 5.39 Å². The first-order chi connectivity index (χ1) is 7.20. The van der Waals surface area contributed by atoms with E-state index in [4.69, 9.17) is 5.39 Å². The fourth-order valence-electron chi connectivity index (χ4n) is 1.42. The molecule has 4 nitrogen and oxygen atoms in total. The molecule has 0 aliphatic heterocycles. The van der Waals surface area contributed by atoms with Crippen LogP contribution in [0.15, 0.2) is 36.4 Å². The van der Waals surface area contributed by atoms with Crippen LogP contribution in [-0.2, 0) is 0 Å². The number of nitrogens with zero attached hydrogens (tertiary/aromatic N) is 2. The monoisotopic (exact) mass is 198 g/mol. The lowest BCUT2D eigenvalue weighted by Gasteiger charge is -2.02. The fraction of sp³-hybridized carbons (Fsp3) is 0. The zero-order chi connectivity index (χ0) is 10.8. The number of hydrogen-bond donors (Lipinski definition) is 0. The SMILES string of the molecule is N#[N+]c1ccc2cc(C(=O)[O-])ccc2c1. The molecule has 0 atom stereocenters. The number of fused-ring (bicyclic) bond motifs is 1. The highest BCUT2D eigenvalue weighted by Gasteiger charge is 2.05. The van der Waals surface area contributed by atoms with Crippen molar-refractivity contribution in [3.8, 4) is 0 Å². The molecule has 15 heavy (non-hydrogen) atoms. The van der Waals surface area contributed by atoms with Gasteiger partial charge in [-0.3, -0.25) is 0 Å². The van der Waals surface area contributed by atoms with E-state index in [1.807, 2.05) is 0 Å². The second kappa shape index (κ2) is 3.39. The van der Waals surface area contributed by atoms with E-state index in [0.29, 0.717) is 5.69 Å². The third-order valence-corrected chi connectivity index (χ3v) is 2.17. The van der Waals surface area contributed by atoms with Crippen LogP contribution in [0.3, 0.4) is 0 Å². The number of carbonyl (C=O) groups excluding carboxylic acids is 1. The maximum atomic E-state index is 10.6. The van der Waals surface area contributed by atoms with Crippen molar-refractivity contribution in [3.63, 3.8) is 0 Å². The number of carboxylic acids is 1. The van der Waals surface area contributed by atoms with Gasteiger partial charge in [0.2, 0.25) is 5.39 Å². The summed E-state index contributed by atoms with van der Waals surface area (Å²) in [6.07, 6.45) is 0. The summed E-state index contributed by atoms with van der Waals surface area (Å²) in [5, 5.41) is 20.7. The minimum atomic E-state index is -1.20. The van der Waals surface area contributed by atoms with Crippen LogP contribution < -0.4 is 5.11 Å². The van der Waals surface area contributed by atoms with Crippen LogP contribution in [0.5, 0.6) is 0 Å². The normalized spacial score (nSPS) is 9.80. The molecule has 2 rings (SSSR count). The lowest BCUT2D eigenvalue weighted by molar-refractivity contribution is -0.255. The van der Waals surface area contributed by atoms with Crippen molar-refractivity contribution in [2.75, 3.05) is 0 Å². The van der Waals surface area contributed by atoms with Gasteiger partial charge in [0.1, 0.15) is 0 Å². The number of carbonyl (C=O) groups is 1. The largest absolute Gasteiger partial charge is 0.545 e. The highest BCUT2D eigenvalue weighted by Crippen LogP contribution is 2.22. The maximum absolute atomic E-state index is 10.6. The molecular formula is C11H6N2O2. The van der Waals surface area contributed by atoms with Gasteiger partial charge in [-0.15, -0.1) is 0 Å². The van der Waals surface area contributed by atoms with E-state index in [9.17, 15) is 9.90 Å². The van der Waals surface area contributed by atoms with Gasteiger partial charge < -0.3 is 9.90 Å². The van der Waals surface area contributed by atoms with Crippen molar-refractivity contribution in [2.24, 2.45) is 0 Å². The molecule has 0 saturated carbocycles. The van der Waals surface area contributed by atoms with Crippen LogP contribution in [0.25, 0.3) is 15.7 Å². The van der Waals surface area contributed by atoms with Crippen molar-refractivity contribution < 1.29 is 9.90 Å². The average molecular weight is 198 g/mol. The molecule has 0 N–H and O–H groups in total. The Morgan fingerprint density at radius 3 is 2.47 bits per heavy atom. The van der Waals surface area contributed by atoms with Crippen LogP contribution in [0.4, 0.5) is 5.69 Å². The second-order valence-electron chi connectivity index (χ2n) is 3.13. The van der Waals surface area contributed by atoms with Gasteiger partial charge in [0.25, 0.3) is 0 Å². The summed E-state index contributed by atoms with van der Waals surface area (Å²) >= 11 is 0. The molecule has 0 aromatic heterocycles. The van der Waals surface area contributed by atoms with Gasteiger partial charge in [-0.25, -0.2) is 0 Å². The summed E-state index contributed by atoms with van der Waals surface area (Å²) in [7, 11) is 0. The number of diazo groups is 1. The topological polar surface area (TPSA) is 68.3 Å². The Hall–Kier alpha value is -2.41. The summed E-state index contributed by atoms with van der Waals surface area (Å²) in [5.41, 5.74) is 0.569. The Morgan fingerprint density at radius 2 is 1.80 bits per heavy atom. The van der Waals surface area contributed by atoms with Gasteiger partial charge in [-0.1, -0.05) is 12.1 Å².